The molecular weight excluding hydrogens is 522 g/mol. The molecule has 0 aliphatic carbocycles. The van der Waals surface area contributed by atoms with Crippen molar-refractivity contribution >= 4 is 16.4 Å². The first-order valence-electron chi connectivity index (χ1n) is 14.5. The van der Waals surface area contributed by atoms with Crippen molar-refractivity contribution < 1.29 is 0 Å². The zero-order valence-corrected chi connectivity index (χ0v) is 23.4. The Morgan fingerprint density at radius 1 is 0.395 bits per heavy atom. The van der Waals surface area contributed by atoms with Crippen molar-refractivity contribution in [2.45, 2.75) is 0 Å². The van der Waals surface area contributed by atoms with Crippen molar-refractivity contribution in [1.29, 1.82) is 0 Å². The molecule has 0 saturated carbocycles. The molecule has 0 aliphatic heterocycles. The molecule has 0 unspecified atom stereocenters. The first kappa shape index (κ1) is 25.0. The van der Waals surface area contributed by atoms with Crippen molar-refractivity contribution in [2.75, 3.05) is 0 Å². The predicted molar refractivity (Wildman–Crippen MR) is 178 cm³/mol. The average Bonchev–Trinajstić information content (AvgIpc) is 3.48. The van der Waals surface area contributed by atoms with Crippen molar-refractivity contribution in [1.82, 2.24) is 14.4 Å². The summed E-state index contributed by atoms with van der Waals surface area (Å²) in [7, 11) is 0. The summed E-state index contributed by atoms with van der Waals surface area (Å²) in [6.45, 7) is 0. The third-order valence-corrected chi connectivity index (χ3v) is 8.08. The molecule has 0 bridgehead atoms. The highest BCUT2D eigenvalue weighted by Gasteiger charge is 2.17. The van der Waals surface area contributed by atoms with E-state index in [1.165, 1.54) is 21.9 Å². The van der Waals surface area contributed by atoms with Crippen molar-refractivity contribution in [3.8, 4) is 55.9 Å². The summed E-state index contributed by atoms with van der Waals surface area (Å²) in [5.74, 6) is 0. The summed E-state index contributed by atoms with van der Waals surface area (Å²) in [5.41, 5.74) is 12.2. The molecule has 3 aromatic heterocycles. The minimum absolute atomic E-state index is 0.931. The lowest BCUT2D eigenvalue weighted by Crippen LogP contribution is -1.91. The fourth-order valence-corrected chi connectivity index (χ4v) is 5.96. The van der Waals surface area contributed by atoms with Crippen LogP contribution in [0.1, 0.15) is 0 Å². The molecule has 3 heteroatoms. The zero-order valence-electron chi connectivity index (χ0n) is 23.4. The summed E-state index contributed by atoms with van der Waals surface area (Å²) in [6, 6.07) is 51.7. The number of aromatic nitrogens is 3. The van der Waals surface area contributed by atoms with Crippen LogP contribution < -0.4 is 0 Å². The van der Waals surface area contributed by atoms with Gasteiger partial charge in [0, 0.05) is 29.7 Å². The second-order valence-corrected chi connectivity index (χ2v) is 10.8. The van der Waals surface area contributed by atoms with Crippen molar-refractivity contribution in [3.05, 3.63) is 164 Å². The molecule has 0 atom stereocenters. The highest BCUT2D eigenvalue weighted by atomic mass is 15.0. The maximum Gasteiger partial charge on any atom is 0.137 e. The van der Waals surface area contributed by atoms with E-state index in [0.29, 0.717) is 0 Å². The zero-order chi connectivity index (χ0) is 28.6. The SMILES string of the molecule is c1ccc(-c2nc3ccccn3c2-c2cccc(-c3cc(-c4ccncc4)cc(-c4ccc5ccccc5c4)c3)c2)cc1. The lowest BCUT2D eigenvalue weighted by molar-refractivity contribution is 1.19. The van der Waals surface area contributed by atoms with Gasteiger partial charge in [-0.25, -0.2) is 4.98 Å². The van der Waals surface area contributed by atoms with E-state index in [2.05, 4.69) is 149 Å². The Hall–Kier alpha value is -5.80. The highest BCUT2D eigenvalue weighted by Crippen LogP contribution is 2.37. The molecule has 0 fully saturated rings. The molecular formula is C40H27N3. The standard InChI is InChI=1S/C40H27N3/c1-2-10-30(11-3-1)39-40(43-22-7-6-15-38(43)42-39)34-14-8-13-32(24-34)36-25-35(29-18-20-41-21-19-29)26-37(27-36)33-17-16-28-9-4-5-12-31(28)23-33/h1-27H. The van der Waals surface area contributed by atoms with Gasteiger partial charge in [-0.3, -0.25) is 9.38 Å². The monoisotopic (exact) mass is 549 g/mol. The third-order valence-electron chi connectivity index (χ3n) is 8.08. The molecule has 0 saturated heterocycles. The summed E-state index contributed by atoms with van der Waals surface area (Å²) >= 11 is 0. The highest BCUT2D eigenvalue weighted by molar-refractivity contribution is 5.90. The smallest absolute Gasteiger partial charge is 0.137 e. The molecule has 8 rings (SSSR count). The van der Waals surface area contributed by atoms with Gasteiger partial charge in [-0.1, -0.05) is 91.0 Å². The summed E-state index contributed by atoms with van der Waals surface area (Å²) in [6.07, 6.45) is 5.81. The maximum atomic E-state index is 5.05. The number of imidazole rings is 1. The maximum absolute atomic E-state index is 5.05. The number of nitrogens with zero attached hydrogens (tertiary/aromatic N) is 3. The number of pyridine rings is 2. The van der Waals surface area contributed by atoms with Crippen LogP contribution >= 0.6 is 0 Å². The van der Waals surface area contributed by atoms with E-state index < -0.39 is 0 Å². The normalized spacial score (nSPS) is 11.3. The number of benzene rings is 5. The van der Waals surface area contributed by atoms with E-state index in [0.717, 1.165) is 50.4 Å². The van der Waals surface area contributed by atoms with Crippen LogP contribution in [0.2, 0.25) is 0 Å². The second kappa shape index (κ2) is 10.6. The molecule has 3 nitrogen and oxygen atoms in total. The Morgan fingerprint density at radius 3 is 1.84 bits per heavy atom. The van der Waals surface area contributed by atoms with Crippen LogP contribution in [0, 0.1) is 0 Å². The predicted octanol–water partition coefficient (Wildman–Crippen LogP) is 10.2. The van der Waals surface area contributed by atoms with Crippen LogP contribution in [0.25, 0.3) is 72.3 Å². The first-order valence-corrected chi connectivity index (χ1v) is 14.5. The van der Waals surface area contributed by atoms with Gasteiger partial charge in [0.2, 0.25) is 0 Å². The quantitative estimate of drug-likeness (QED) is 0.214. The molecule has 0 radical (unpaired) electrons. The minimum Gasteiger partial charge on any atom is -0.299 e. The van der Waals surface area contributed by atoms with E-state index in [1.807, 2.05) is 24.5 Å². The molecule has 43 heavy (non-hydrogen) atoms. The van der Waals surface area contributed by atoms with Crippen LogP contribution in [0.5, 0.6) is 0 Å². The average molecular weight is 550 g/mol. The molecule has 0 N–H and O–H groups in total. The Balaban J connectivity index is 1.31. The van der Waals surface area contributed by atoms with Gasteiger partial charge in [-0.15, -0.1) is 0 Å². The Bertz CT molecular complexity index is 2230. The van der Waals surface area contributed by atoms with Gasteiger partial charge in [0.05, 0.1) is 11.4 Å². The molecule has 8 aromatic rings. The van der Waals surface area contributed by atoms with Crippen LogP contribution in [-0.4, -0.2) is 14.4 Å². The van der Waals surface area contributed by atoms with Crippen LogP contribution in [0.4, 0.5) is 0 Å². The number of rotatable bonds is 5. The van der Waals surface area contributed by atoms with Gasteiger partial charge in [0.25, 0.3) is 0 Å². The van der Waals surface area contributed by atoms with E-state index in [1.54, 1.807) is 0 Å². The second-order valence-electron chi connectivity index (χ2n) is 10.8. The molecule has 0 amide bonds. The molecule has 3 heterocycles. The summed E-state index contributed by atoms with van der Waals surface area (Å²) in [4.78, 5) is 9.31. The molecule has 0 spiro atoms. The van der Waals surface area contributed by atoms with Gasteiger partial charge in [0.15, 0.2) is 0 Å². The molecule has 202 valence electrons. The van der Waals surface area contributed by atoms with Gasteiger partial charge < -0.3 is 0 Å². The van der Waals surface area contributed by atoms with Gasteiger partial charge in [-0.05, 0) is 98.8 Å². The number of fused-ring (bicyclic) bond motifs is 2. The number of hydrogen-bond donors (Lipinski definition) is 0. The lowest BCUT2D eigenvalue weighted by Gasteiger charge is -2.13. The van der Waals surface area contributed by atoms with E-state index in [4.69, 9.17) is 4.98 Å². The van der Waals surface area contributed by atoms with E-state index >= 15 is 0 Å². The fourth-order valence-electron chi connectivity index (χ4n) is 5.96. The van der Waals surface area contributed by atoms with Crippen LogP contribution in [0.3, 0.4) is 0 Å². The van der Waals surface area contributed by atoms with Crippen LogP contribution in [-0.2, 0) is 0 Å². The lowest BCUT2D eigenvalue weighted by atomic mass is 9.92. The largest absolute Gasteiger partial charge is 0.299 e. The first-order chi connectivity index (χ1) is 21.3. The Morgan fingerprint density at radius 2 is 1.02 bits per heavy atom. The van der Waals surface area contributed by atoms with E-state index in [-0.39, 0.29) is 0 Å². The summed E-state index contributed by atoms with van der Waals surface area (Å²) < 4.78 is 2.19. The van der Waals surface area contributed by atoms with E-state index in [9.17, 15) is 0 Å². The Labute approximate surface area is 250 Å². The van der Waals surface area contributed by atoms with Gasteiger partial charge in [0.1, 0.15) is 5.65 Å². The van der Waals surface area contributed by atoms with Gasteiger partial charge in [-0.2, -0.15) is 0 Å². The number of hydrogen-bond acceptors (Lipinski definition) is 2. The van der Waals surface area contributed by atoms with Crippen molar-refractivity contribution in [3.63, 3.8) is 0 Å². The third kappa shape index (κ3) is 4.67. The topological polar surface area (TPSA) is 30.2 Å². The fraction of sp³-hybridized carbons (Fsp3) is 0. The minimum atomic E-state index is 0.931. The molecule has 5 aromatic carbocycles. The molecule has 0 aliphatic rings. The Kier molecular flexibility index (Phi) is 6.12. The summed E-state index contributed by atoms with van der Waals surface area (Å²) in [5, 5.41) is 2.48. The van der Waals surface area contributed by atoms with Crippen molar-refractivity contribution in [2.24, 2.45) is 0 Å². The van der Waals surface area contributed by atoms with Crippen LogP contribution in [0.15, 0.2) is 164 Å². The van der Waals surface area contributed by atoms with Gasteiger partial charge >= 0.3 is 0 Å².